The number of para-hydroxylation sites is 1. The molecule has 3 heterocycles. The van der Waals surface area contributed by atoms with Crippen LogP contribution in [0.5, 0.6) is 0 Å². The Hall–Kier alpha value is -2.50. The molecule has 1 aromatic carbocycles. The van der Waals surface area contributed by atoms with Gasteiger partial charge in [-0.15, -0.1) is 0 Å². The number of nitrogens with zero attached hydrogens (tertiary/aromatic N) is 5. The highest BCUT2D eigenvalue weighted by Gasteiger charge is 2.21. The van der Waals surface area contributed by atoms with Gasteiger partial charge in [0, 0.05) is 17.8 Å². The van der Waals surface area contributed by atoms with Crippen LogP contribution in [0.2, 0.25) is 0 Å². The summed E-state index contributed by atoms with van der Waals surface area (Å²) < 4.78 is 2.00. The van der Waals surface area contributed by atoms with Crippen molar-refractivity contribution in [3.8, 4) is 0 Å². The first-order valence-corrected chi connectivity index (χ1v) is 7.16. The standard InChI is InChI=1S/C15H16N6/c1-10-18-14-7-6-11(8-21(14)20-10)19-15-12-4-2-3-5-13(12)16-9-17-15/h2-5,9,11H,6-8H2,1H3,(H,16,17,19)/t11-/m1/s1. The van der Waals surface area contributed by atoms with Gasteiger partial charge in [-0.2, -0.15) is 5.10 Å². The minimum atomic E-state index is 0.317. The average molecular weight is 280 g/mol. The van der Waals surface area contributed by atoms with Gasteiger partial charge in [0.2, 0.25) is 0 Å². The van der Waals surface area contributed by atoms with E-state index in [0.29, 0.717) is 6.04 Å². The molecule has 0 amide bonds. The molecule has 0 bridgehead atoms. The molecule has 1 aliphatic rings. The van der Waals surface area contributed by atoms with Gasteiger partial charge in [0.25, 0.3) is 0 Å². The van der Waals surface area contributed by atoms with Crippen LogP contribution in [0.4, 0.5) is 5.82 Å². The Labute approximate surface area is 122 Å². The van der Waals surface area contributed by atoms with Crippen LogP contribution >= 0.6 is 0 Å². The Morgan fingerprint density at radius 1 is 1.24 bits per heavy atom. The van der Waals surface area contributed by atoms with Crippen molar-refractivity contribution in [1.29, 1.82) is 0 Å². The first-order valence-electron chi connectivity index (χ1n) is 7.16. The Morgan fingerprint density at radius 3 is 3.10 bits per heavy atom. The van der Waals surface area contributed by atoms with Gasteiger partial charge < -0.3 is 5.32 Å². The van der Waals surface area contributed by atoms with Crippen LogP contribution in [0.15, 0.2) is 30.6 Å². The molecule has 0 fully saturated rings. The quantitative estimate of drug-likeness (QED) is 0.777. The summed E-state index contributed by atoms with van der Waals surface area (Å²) in [6.07, 6.45) is 3.59. The van der Waals surface area contributed by atoms with E-state index in [0.717, 1.165) is 47.8 Å². The molecule has 6 heteroatoms. The molecular formula is C15H16N6. The average Bonchev–Trinajstić information content (AvgIpc) is 2.87. The number of nitrogens with one attached hydrogen (secondary N) is 1. The molecule has 6 nitrogen and oxygen atoms in total. The SMILES string of the molecule is Cc1nc2n(n1)C[C@H](Nc1ncnc3ccccc13)CC2. The van der Waals surface area contributed by atoms with Crippen molar-refractivity contribution in [2.75, 3.05) is 5.32 Å². The molecular weight excluding hydrogens is 264 g/mol. The van der Waals surface area contributed by atoms with Gasteiger partial charge in [-0.05, 0) is 25.5 Å². The molecule has 0 radical (unpaired) electrons. The third-order valence-electron chi connectivity index (χ3n) is 3.85. The lowest BCUT2D eigenvalue weighted by Gasteiger charge is -2.24. The molecule has 1 atom stereocenters. The zero-order chi connectivity index (χ0) is 14.2. The van der Waals surface area contributed by atoms with Crippen LogP contribution in [0, 0.1) is 6.92 Å². The van der Waals surface area contributed by atoms with E-state index in [1.54, 1.807) is 6.33 Å². The fourth-order valence-electron chi connectivity index (χ4n) is 2.86. The molecule has 1 aliphatic heterocycles. The first-order chi connectivity index (χ1) is 10.3. The molecule has 2 aromatic heterocycles. The number of rotatable bonds is 2. The highest BCUT2D eigenvalue weighted by molar-refractivity contribution is 5.88. The van der Waals surface area contributed by atoms with Gasteiger partial charge in [-0.1, -0.05) is 12.1 Å². The lowest BCUT2D eigenvalue weighted by Crippen LogP contribution is -2.32. The number of hydrogen-bond donors (Lipinski definition) is 1. The van der Waals surface area contributed by atoms with E-state index < -0.39 is 0 Å². The van der Waals surface area contributed by atoms with Crippen LogP contribution in [0.3, 0.4) is 0 Å². The van der Waals surface area contributed by atoms with E-state index in [1.165, 1.54) is 0 Å². The van der Waals surface area contributed by atoms with Crippen LogP contribution in [-0.2, 0) is 13.0 Å². The largest absolute Gasteiger partial charge is 0.365 e. The number of hydrogen-bond acceptors (Lipinski definition) is 5. The van der Waals surface area contributed by atoms with Gasteiger partial charge in [0.1, 0.15) is 23.8 Å². The lowest BCUT2D eigenvalue weighted by atomic mass is 10.1. The molecule has 0 spiro atoms. The fourth-order valence-corrected chi connectivity index (χ4v) is 2.86. The summed E-state index contributed by atoms with van der Waals surface area (Å²) >= 11 is 0. The van der Waals surface area contributed by atoms with Crippen molar-refractivity contribution in [2.45, 2.75) is 32.4 Å². The van der Waals surface area contributed by atoms with E-state index >= 15 is 0 Å². The van der Waals surface area contributed by atoms with Crippen LogP contribution in [0.1, 0.15) is 18.1 Å². The van der Waals surface area contributed by atoms with Gasteiger partial charge >= 0.3 is 0 Å². The molecule has 0 aliphatic carbocycles. The van der Waals surface area contributed by atoms with Crippen molar-refractivity contribution in [3.05, 3.63) is 42.2 Å². The summed E-state index contributed by atoms with van der Waals surface area (Å²) in [7, 11) is 0. The van der Waals surface area contributed by atoms with Crippen LogP contribution in [0.25, 0.3) is 10.9 Å². The van der Waals surface area contributed by atoms with E-state index in [4.69, 9.17) is 0 Å². The molecule has 0 saturated heterocycles. The number of fused-ring (bicyclic) bond motifs is 2. The topological polar surface area (TPSA) is 68.5 Å². The number of anilines is 1. The number of aromatic nitrogens is 5. The second-order valence-electron chi connectivity index (χ2n) is 5.38. The van der Waals surface area contributed by atoms with Crippen molar-refractivity contribution in [3.63, 3.8) is 0 Å². The maximum atomic E-state index is 4.44. The highest BCUT2D eigenvalue weighted by Crippen LogP contribution is 2.22. The van der Waals surface area contributed by atoms with Crippen LogP contribution < -0.4 is 5.32 Å². The number of aryl methyl sites for hydroxylation is 2. The molecule has 3 aromatic rings. The Morgan fingerprint density at radius 2 is 2.14 bits per heavy atom. The van der Waals surface area contributed by atoms with E-state index in [1.807, 2.05) is 35.9 Å². The fraction of sp³-hybridized carbons (Fsp3) is 0.333. The summed E-state index contributed by atoms with van der Waals surface area (Å²) in [4.78, 5) is 13.1. The Kier molecular flexibility index (Phi) is 2.80. The summed E-state index contributed by atoms with van der Waals surface area (Å²) in [5.41, 5.74) is 0.961. The van der Waals surface area contributed by atoms with Gasteiger partial charge in [-0.3, -0.25) is 0 Å². The minimum absolute atomic E-state index is 0.317. The molecule has 21 heavy (non-hydrogen) atoms. The summed E-state index contributed by atoms with van der Waals surface area (Å²) in [5.74, 6) is 2.82. The third kappa shape index (κ3) is 2.22. The van der Waals surface area contributed by atoms with Crippen molar-refractivity contribution >= 4 is 16.7 Å². The molecule has 0 saturated carbocycles. The summed E-state index contributed by atoms with van der Waals surface area (Å²) in [6, 6.07) is 8.37. The molecule has 4 rings (SSSR count). The molecule has 106 valence electrons. The van der Waals surface area contributed by atoms with Gasteiger partial charge in [0.05, 0.1) is 12.1 Å². The maximum absolute atomic E-state index is 4.44. The molecule has 1 N–H and O–H groups in total. The van der Waals surface area contributed by atoms with Gasteiger partial charge in [0.15, 0.2) is 0 Å². The second-order valence-corrected chi connectivity index (χ2v) is 5.38. The van der Waals surface area contributed by atoms with Crippen molar-refractivity contribution in [1.82, 2.24) is 24.7 Å². The van der Waals surface area contributed by atoms with E-state index in [9.17, 15) is 0 Å². The smallest absolute Gasteiger partial charge is 0.147 e. The van der Waals surface area contributed by atoms with Gasteiger partial charge in [-0.25, -0.2) is 19.6 Å². The Balaban J connectivity index is 1.61. The summed E-state index contributed by atoms with van der Waals surface area (Å²) in [6.45, 7) is 2.76. The van der Waals surface area contributed by atoms with Crippen LogP contribution in [-0.4, -0.2) is 30.8 Å². The predicted molar refractivity (Wildman–Crippen MR) is 80.0 cm³/mol. The first kappa shape index (κ1) is 12.3. The normalized spacial score (nSPS) is 17.7. The third-order valence-corrected chi connectivity index (χ3v) is 3.85. The van der Waals surface area contributed by atoms with Crippen molar-refractivity contribution < 1.29 is 0 Å². The minimum Gasteiger partial charge on any atom is -0.365 e. The second kappa shape index (κ2) is 4.80. The predicted octanol–water partition coefficient (Wildman–Crippen LogP) is 1.96. The highest BCUT2D eigenvalue weighted by atomic mass is 15.4. The zero-order valence-electron chi connectivity index (χ0n) is 11.8. The van der Waals surface area contributed by atoms with Crippen molar-refractivity contribution in [2.24, 2.45) is 0 Å². The maximum Gasteiger partial charge on any atom is 0.147 e. The summed E-state index contributed by atoms with van der Waals surface area (Å²) in [5, 5.41) is 9.03. The Bertz CT molecular complexity index is 788. The zero-order valence-corrected chi connectivity index (χ0v) is 11.8. The van der Waals surface area contributed by atoms with E-state index in [2.05, 4.69) is 25.4 Å². The lowest BCUT2D eigenvalue weighted by molar-refractivity contribution is 0.440. The van der Waals surface area contributed by atoms with E-state index in [-0.39, 0.29) is 0 Å². The molecule has 0 unspecified atom stereocenters. The monoisotopic (exact) mass is 280 g/mol. The number of benzene rings is 1.